The van der Waals surface area contributed by atoms with E-state index in [0.717, 1.165) is 59.5 Å². The van der Waals surface area contributed by atoms with Crippen LogP contribution in [0.4, 0.5) is 21.1 Å². The quantitative estimate of drug-likeness (QED) is 0.264. The molecule has 0 bridgehead atoms. The molecule has 4 amide bonds. The average molecular weight is 721 g/mol. The van der Waals surface area contributed by atoms with E-state index in [2.05, 4.69) is 47.4 Å². The summed E-state index contributed by atoms with van der Waals surface area (Å²) in [5.74, 6) is -0.707. The van der Waals surface area contributed by atoms with Gasteiger partial charge in [0.25, 0.3) is 0 Å². The summed E-state index contributed by atoms with van der Waals surface area (Å²) in [6.45, 7) is 16.7. The molecule has 0 unspecified atom stereocenters. The standard InChI is InChI=1S/C38H52N6O6S/c1-10-24-19-27(21-39-31(24)44(35(47)49-37(3,4)5)36(48)50-38(6,7)8)40-32(45)34(46)43-22-23(2)11-13-29(43)26-12-14-30-28(20-26)41-33(51-30)25-15-17-42(9)18-16-25/h12,14,19-21,23,25,29H,10-11,13,15-18,22H2,1-9H3,(H,40,45)/t23-,29+/m0/s1. The minimum absolute atomic E-state index is 0.0201. The molecule has 2 atom stereocenters. The SMILES string of the molecule is CCc1cc(NC(=O)C(=O)N2C[C@@H](C)CC[C@@H]2c2ccc3sc(C4CCN(C)CC4)nc3c2)cnc1N(C(=O)OC(C)(C)C)C(=O)OC(C)(C)C. The van der Waals surface area contributed by atoms with Crippen molar-refractivity contribution in [2.45, 2.75) is 111 Å². The van der Waals surface area contributed by atoms with Crippen LogP contribution in [0.3, 0.4) is 0 Å². The Hall–Kier alpha value is -4.10. The van der Waals surface area contributed by atoms with Crippen molar-refractivity contribution in [2.75, 3.05) is 36.9 Å². The summed E-state index contributed by atoms with van der Waals surface area (Å²) in [5.41, 5.74) is 0.866. The van der Waals surface area contributed by atoms with Crippen LogP contribution in [0.2, 0.25) is 0 Å². The zero-order chi connectivity index (χ0) is 37.2. The van der Waals surface area contributed by atoms with E-state index in [4.69, 9.17) is 14.5 Å². The first kappa shape index (κ1) is 38.1. The average Bonchev–Trinajstić information content (AvgIpc) is 3.47. The number of nitrogens with one attached hydrogen (secondary N) is 1. The zero-order valence-electron chi connectivity index (χ0n) is 31.4. The van der Waals surface area contributed by atoms with Gasteiger partial charge in [-0.15, -0.1) is 11.3 Å². The Morgan fingerprint density at radius 2 is 1.61 bits per heavy atom. The molecule has 4 heterocycles. The Morgan fingerprint density at radius 1 is 0.961 bits per heavy atom. The number of pyridine rings is 1. The summed E-state index contributed by atoms with van der Waals surface area (Å²) in [6.07, 6.45) is 3.66. The van der Waals surface area contributed by atoms with E-state index in [0.29, 0.717) is 24.4 Å². The molecule has 0 aliphatic carbocycles. The fourth-order valence-corrected chi connectivity index (χ4v) is 7.65. The van der Waals surface area contributed by atoms with E-state index in [-0.39, 0.29) is 23.5 Å². The molecule has 2 aliphatic heterocycles. The number of anilines is 2. The number of carbonyl (C=O) groups is 4. The molecule has 5 rings (SSSR count). The number of hydrogen-bond donors (Lipinski definition) is 1. The Morgan fingerprint density at radius 3 is 2.22 bits per heavy atom. The minimum atomic E-state index is -0.940. The number of ether oxygens (including phenoxy) is 2. The number of thiazole rings is 1. The minimum Gasteiger partial charge on any atom is -0.443 e. The lowest BCUT2D eigenvalue weighted by Gasteiger charge is -2.38. The highest BCUT2D eigenvalue weighted by Crippen LogP contribution is 2.38. The maximum Gasteiger partial charge on any atom is 0.425 e. The van der Waals surface area contributed by atoms with Gasteiger partial charge in [0.15, 0.2) is 5.82 Å². The highest BCUT2D eigenvalue weighted by Gasteiger charge is 2.37. The topological polar surface area (TPSA) is 134 Å². The molecule has 13 heteroatoms. The van der Waals surface area contributed by atoms with Crippen LogP contribution < -0.4 is 10.2 Å². The number of likely N-dealkylation sites (tertiary alicyclic amines) is 2. The maximum atomic E-state index is 13.9. The smallest absolute Gasteiger partial charge is 0.425 e. The molecule has 1 aromatic carbocycles. The lowest BCUT2D eigenvalue weighted by molar-refractivity contribution is -0.146. The van der Waals surface area contributed by atoms with Gasteiger partial charge in [-0.25, -0.2) is 19.6 Å². The third kappa shape index (κ3) is 9.42. The van der Waals surface area contributed by atoms with Crippen molar-refractivity contribution in [2.24, 2.45) is 5.92 Å². The van der Waals surface area contributed by atoms with Crippen LogP contribution in [-0.2, 0) is 25.5 Å². The number of nitrogens with zero attached hydrogens (tertiary/aromatic N) is 5. The predicted molar refractivity (Wildman–Crippen MR) is 199 cm³/mol. The van der Waals surface area contributed by atoms with Gasteiger partial charge in [-0.05, 0) is 129 Å². The number of piperidine rings is 2. The molecule has 2 saturated heterocycles. The van der Waals surface area contributed by atoms with Crippen molar-refractivity contribution < 1.29 is 28.7 Å². The molecule has 2 aliphatic rings. The predicted octanol–water partition coefficient (Wildman–Crippen LogP) is 7.68. The van der Waals surface area contributed by atoms with Crippen LogP contribution in [0, 0.1) is 5.92 Å². The molecular weight excluding hydrogens is 669 g/mol. The number of imide groups is 1. The molecule has 0 radical (unpaired) electrons. The van der Waals surface area contributed by atoms with E-state index in [1.807, 2.05) is 6.92 Å². The molecule has 0 saturated carbocycles. The van der Waals surface area contributed by atoms with Gasteiger partial charge in [0.1, 0.15) is 11.2 Å². The molecule has 276 valence electrons. The lowest BCUT2D eigenvalue weighted by Crippen LogP contribution is -2.46. The number of rotatable bonds is 5. The van der Waals surface area contributed by atoms with Crippen molar-refractivity contribution in [1.82, 2.24) is 19.8 Å². The van der Waals surface area contributed by atoms with Crippen LogP contribution in [0.5, 0.6) is 0 Å². The number of benzene rings is 1. The second kappa shape index (κ2) is 15.2. The van der Waals surface area contributed by atoms with Crippen molar-refractivity contribution in [3.8, 4) is 0 Å². The Balaban J connectivity index is 1.36. The van der Waals surface area contributed by atoms with Gasteiger partial charge in [0.05, 0.1) is 33.2 Å². The summed E-state index contributed by atoms with van der Waals surface area (Å²) in [7, 11) is 2.16. The highest BCUT2D eigenvalue weighted by molar-refractivity contribution is 7.18. The highest BCUT2D eigenvalue weighted by atomic mass is 32.1. The van der Waals surface area contributed by atoms with Gasteiger partial charge in [0.2, 0.25) is 0 Å². The Labute approximate surface area is 304 Å². The zero-order valence-corrected chi connectivity index (χ0v) is 32.2. The van der Waals surface area contributed by atoms with Gasteiger partial charge in [-0.1, -0.05) is 19.9 Å². The summed E-state index contributed by atoms with van der Waals surface area (Å²) < 4.78 is 12.2. The van der Waals surface area contributed by atoms with Gasteiger partial charge >= 0.3 is 24.0 Å². The number of aryl methyl sites for hydroxylation is 1. The molecule has 0 spiro atoms. The third-order valence-corrected chi connectivity index (χ3v) is 10.3. The largest absolute Gasteiger partial charge is 0.443 e. The molecule has 51 heavy (non-hydrogen) atoms. The first-order valence-corrected chi connectivity index (χ1v) is 18.7. The van der Waals surface area contributed by atoms with Crippen molar-refractivity contribution >= 4 is 57.1 Å². The summed E-state index contributed by atoms with van der Waals surface area (Å²) >= 11 is 1.75. The molecular formula is C38H52N6O6S. The molecule has 12 nitrogen and oxygen atoms in total. The number of fused-ring (bicyclic) bond motifs is 1. The number of hydrogen-bond acceptors (Lipinski definition) is 10. The van der Waals surface area contributed by atoms with Crippen molar-refractivity contribution in [3.05, 3.63) is 46.6 Å². The van der Waals surface area contributed by atoms with E-state index >= 15 is 0 Å². The van der Waals surface area contributed by atoms with Crippen LogP contribution in [0.15, 0.2) is 30.5 Å². The molecule has 3 aromatic rings. The maximum absolute atomic E-state index is 13.9. The van der Waals surface area contributed by atoms with Crippen molar-refractivity contribution in [3.63, 3.8) is 0 Å². The normalized spacial score (nSPS) is 19.1. The molecule has 2 fully saturated rings. The second-order valence-electron chi connectivity index (χ2n) is 15.8. The van der Waals surface area contributed by atoms with Gasteiger partial charge < -0.3 is 24.6 Å². The van der Waals surface area contributed by atoms with Crippen LogP contribution in [-0.4, -0.2) is 81.7 Å². The molecule has 1 N–H and O–H groups in total. The van der Waals surface area contributed by atoms with E-state index in [1.165, 1.54) is 11.2 Å². The number of amides is 4. The summed E-state index contributed by atoms with van der Waals surface area (Å²) in [5, 5.41) is 3.89. The lowest BCUT2D eigenvalue weighted by atomic mass is 9.89. The van der Waals surface area contributed by atoms with E-state index < -0.39 is 35.2 Å². The molecule has 2 aromatic heterocycles. The second-order valence-corrected chi connectivity index (χ2v) is 16.9. The summed E-state index contributed by atoms with van der Waals surface area (Å²) in [6, 6.07) is 7.58. The van der Waals surface area contributed by atoms with Crippen LogP contribution in [0.1, 0.15) is 109 Å². The van der Waals surface area contributed by atoms with Crippen LogP contribution >= 0.6 is 11.3 Å². The van der Waals surface area contributed by atoms with Crippen LogP contribution in [0.25, 0.3) is 10.2 Å². The monoisotopic (exact) mass is 720 g/mol. The Bertz CT molecular complexity index is 1740. The van der Waals surface area contributed by atoms with Crippen molar-refractivity contribution in [1.29, 1.82) is 0 Å². The number of aromatic nitrogens is 2. The van der Waals surface area contributed by atoms with E-state index in [1.54, 1.807) is 63.8 Å². The first-order valence-electron chi connectivity index (χ1n) is 17.9. The fourth-order valence-electron chi connectivity index (χ4n) is 6.53. The Kier molecular flexibility index (Phi) is 11.4. The number of carbonyl (C=O) groups excluding carboxylic acids is 4. The fraction of sp³-hybridized carbons (Fsp3) is 0.579. The third-order valence-electron chi connectivity index (χ3n) is 9.10. The van der Waals surface area contributed by atoms with E-state index in [9.17, 15) is 19.2 Å². The summed E-state index contributed by atoms with van der Waals surface area (Å²) in [4.78, 5) is 68.1. The van der Waals surface area contributed by atoms with Gasteiger partial charge in [0, 0.05) is 12.5 Å². The first-order chi connectivity index (χ1) is 23.9. The van der Waals surface area contributed by atoms with Gasteiger partial charge in [-0.2, -0.15) is 4.90 Å². The van der Waals surface area contributed by atoms with Gasteiger partial charge in [-0.3, -0.25) is 9.59 Å².